The van der Waals surface area contributed by atoms with Crippen LogP contribution < -0.4 is 0 Å². The van der Waals surface area contributed by atoms with Gasteiger partial charge in [-0.15, -0.1) is 0 Å². The van der Waals surface area contributed by atoms with Crippen molar-refractivity contribution in [3.8, 4) is 0 Å². The second kappa shape index (κ2) is 153. The Morgan fingerprint density at radius 1 is 0.429 bits per heavy atom. The first-order chi connectivity index (χ1) is 0. The van der Waals surface area contributed by atoms with Crippen LogP contribution in [0.5, 0.6) is 0 Å². The first-order valence-corrected chi connectivity index (χ1v) is 0. The van der Waals surface area contributed by atoms with E-state index < -0.39 is 0 Å². The fraction of sp³-hybridized carbons (Fsp3) is 0. The third-order valence-electron chi connectivity index (χ3n) is 0. The van der Waals surface area contributed by atoms with Crippen LogP contribution >= 0.6 is 0 Å². The summed E-state index contributed by atoms with van der Waals surface area (Å²) in [6.45, 7) is 0. The summed E-state index contributed by atoms with van der Waals surface area (Å²) in [5.74, 6) is 0. The molecule has 0 saturated heterocycles. The predicted molar refractivity (Wildman–Crippen MR) is 2.75 cm³/mol. The Labute approximate surface area is 73.4 Å². The van der Waals surface area contributed by atoms with E-state index in [4.69, 9.17) is 0 Å². The molecule has 4 nitrogen and oxygen atoms in total. The fourth-order valence-corrected chi connectivity index (χ4v) is 0. The molecule has 0 spiro atoms. The SMILES string of the molecule is [Co+2].[Cr+3].[Cr+3].[O-2].[O-2].[O-2].[O-2]. The van der Waals surface area contributed by atoms with Gasteiger partial charge >= 0.3 is 51.5 Å². The summed E-state index contributed by atoms with van der Waals surface area (Å²) < 4.78 is 0. The van der Waals surface area contributed by atoms with Gasteiger partial charge < -0.3 is 21.9 Å². The summed E-state index contributed by atoms with van der Waals surface area (Å²) in [6.07, 6.45) is 0. The van der Waals surface area contributed by atoms with Gasteiger partial charge in [-0.1, -0.05) is 0 Å². The second-order valence-corrected chi connectivity index (χ2v) is 0. The normalized spacial score (nSPS) is 0. The molecular formula is CoCr2O4. The number of hydrogen-bond donors (Lipinski definition) is 0. The first kappa shape index (κ1) is 232. The Morgan fingerprint density at radius 2 is 0.429 bits per heavy atom. The molecule has 0 heterocycles. The van der Waals surface area contributed by atoms with Crippen LogP contribution in [0.2, 0.25) is 0 Å². The van der Waals surface area contributed by atoms with E-state index in [1.807, 2.05) is 0 Å². The van der Waals surface area contributed by atoms with Crippen molar-refractivity contribution in [2.45, 2.75) is 0 Å². The van der Waals surface area contributed by atoms with Crippen molar-refractivity contribution >= 4 is 0 Å². The molecule has 0 saturated carbocycles. The van der Waals surface area contributed by atoms with Crippen LogP contribution in [-0.2, 0) is 73.4 Å². The van der Waals surface area contributed by atoms with Crippen LogP contribution in [0.25, 0.3) is 0 Å². The Balaban J connectivity index is 0. The minimum absolute atomic E-state index is 0. The molecule has 0 rings (SSSR count). The molecule has 0 bridgehead atoms. The Hall–Kier alpha value is 1.41. The molecule has 0 aromatic carbocycles. The third-order valence-corrected chi connectivity index (χ3v) is 0. The number of hydrogen-bond acceptors (Lipinski definition) is 0. The fourth-order valence-electron chi connectivity index (χ4n) is 0. The van der Waals surface area contributed by atoms with Crippen LogP contribution in [0.15, 0.2) is 0 Å². The van der Waals surface area contributed by atoms with Crippen LogP contribution in [0.4, 0.5) is 0 Å². The minimum Gasteiger partial charge on any atom is -2.00 e. The quantitative estimate of drug-likeness (QED) is 0.531. The molecule has 3 radical (unpaired) electrons. The third kappa shape index (κ3) is 109. The van der Waals surface area contributed by atoms with Crippen LogP contribution in [0, 0.1) is 0 Å². The van der Waals surface area contributed by atoms with E-state index in [2.05, 4.69) is 0 Å². The molecule has 7 heteroatoms. The van der Waals surface area contributed by atoms with Crippen molar-refractivity contribution in [3.63, 3.8) is 0 Å². The van der Waals surface area contributed by atoms with Crippen LogP contribution in [0.3, 0.4) is 0 Å². The smallest absolute Gasteiger partial charge is 2.00 e. The van der Waals surface area contributed by atoms with E-state index in [-0.39, 0.29) is 73.4 Å². The predicted octanol–water partition coefficient (Wildman–Crippen LogP) is -0.483. The molecule has 0 aliphatic carbocycles. The van der Waals surface area contributed by atoms with Crippen LogP contribution in [0.1, 0.15) is 0 Å². The maximum absolute atomic E-state index is 0. The summed E-state index contributed by atoms with van der Waals surface area (Å²) in [4.78, 5) is 0. The maximum Gasteiger partial charge on any atom is 3.00 e. The van der Waals surface area contributed by atoms with Gasteiger partial charge in [0, 0.05) is 0 Å². The van der Waals surface area contributed by atoms with Crippen LogP contribution in [-0.4, -0.2) is 0 Å². The van der Waals surface area contributed by atoms with E-state index in [9.17, 15) is 0 Å². The monoisotopic (exact) mass is 227 g/mol. The summed E-state index contributed by atoms with van der Waals surface area (Å²) in [5.41, 5.74) is 0. The van der Waals surface area contributed by atoms with E-state index in [1.165, 1.54) is 0 Å². The zero-order valence-electron chi connectivity index (χ0n) is 2.78. The molecule has 7 heavy (non-hydrogen) atoms. The van der Waals surface area contributed by atoms with Crippen molar-refractivity contribution < 1.29 is 73.4 Å². The van der Waals surface area contributed by atoms with Crippen molar-refractivity contribution in [1.82, 2.24) is 0 Å². The van der Waals surface area contributed by atoms with E-state index in [0.717, 1.165) is 0 Å². The minimum atomic E-state index is 0. The molecule has 0 atom stereocenters. The number of rotatable bonds is 0. The molecule has 45 valence electrons. The molecule has 0 aromatic heterocycles. The average Bonchev–Trinajstić information content (AvgIpc) is 0. The van der Waals surface area contributed by atoms with Gasteiger partial charge in [0.1, 0.15) is 0 Å². The summed E-state index contributed by atoms with van der Waals surface area (Å²) >= 11 is 0. The van der Waals surface area contributed by atoms with Gasteiger partial charge in [0.15, 0.2) is 0 Å². The standard InChI is InChI=1S/Co.2Cr.4O/q+2;2*+3;4*-2. The molecule has 0 N–H and O–H groups in total. The van der Waals surface area contributed by atoms with Gasteiger partial charge in [0.25, 0.3) is 0 Å². The van der Waals surface area contributed by atoms with Crippen molar-refractivity contribution in [1.29, 1.82) is 0 Å². The van der Waals surface area contributed by atoms with Gasteiger partial charge in [0.2, 0.25) is 0 Å². The zero-order chi connectivity index (χ0) is 0. The van der Waals surface area contributed by atoms with E-state index in [0.29, 0.717) is 0 Å². The molecule has 0 aliphatic heterocycles. The summed E-state index contributed by atoms with van der Waals surface area (Å²) in [7, 11) is 0. The molecule has 0 aliphatic rings. The summed E-state index contributed by atoms with van der Waals surface area (Å²) in [6, 6.07) is 0. The van der Waals surface area contributed by atoms with Crippen molar-refractivity contribution in [2.75, 3.05) is 0 Å². The van der Waals surface area contributed by atoms with Gasteiger partial charge in [-0.05, 0) is 0 Å². The Morgan fingerprint density at radius 3 is 0.429 bits per heavy atom. The van der Waals surface area contributed by atoms with Crippen molar-refractivity contribution in [2.24, 2.45) is 0 Å². The maximum atomic E-state index is 0. The molecule has 0 amide bonds. The Kier molecular flexibility index (Phi) is 5070. The topological polar surface area (TPSA) is 114 Å². The van der Waals surface area contributed by atoms with E-state index >= 15 is 0 Å². The largest absolute Gasteiger partial charge is 3.00 e. The molecule has 0 aromatic rings. The van der Waals surface area contributed by atoms with E-state index in [1.54, 1.807) is 0 Å². The molecule has 0 fully saturated rings. The Bertz CT molecular complexity index is 9.65. The average molecular weight is 227 g/mol. The molecular weight excluding hydrogens is 227 g/mol. The van der Waals surface area contributed by atoms with Gasteiger partial charge in [0.05, 0.1) is 0 Å². The molecule has 0 unspecified atom stereocenters. The van der Waals surface area contributed by atoms with Gasteiger partial charge in [-0.2, -0.15) is 0 Å². The zero-order valence-corrected chi connectivity index (χ0v) is 6.37. The van der Waals surface area contributed by atoms with Gasteiger partial charge in [-0.3, -0.25) is 0 Å². The second-order valence-electron chi connectivity index (χ2n) is 0. The van der Waals surface area contributed by atoms with Gasteiger partial charge in [-0.25, -0.2) is 0 Å². The summed E-state index contributed by atoms with van der Waals surface area (Å²) in [5, 5.41) is 0. The first-order valence-electron chi connectivity index (χ1n) is 0. The van der Waals surface area contributed by atoms with Crippen molar-refractivity contribution in [3.05, 3.63) is 0 Å².